The van der Waals surface area contributed by atoms with Gasteiger partial charge in [-0.15, -0.1) is 0 Å². The van der Waals surface area contributed by atoms with Gasteiger partial charge in [0.2, 0.25) is 0 Å². The van der Waals surface area contributed by atoms with Crippen molar-refractivity contribution in [1.82, 2.24) is 0 Å². The van der Waals surface area contributed by atoms with Gasteiger partial charge in [0.15, 0.2) is 0 Å². The summed E-state index contributed by atoms with van der Waals surface area (Å²) in [6.45, 7) is 3.88. The molecule has 0 saturated heterocycles. The van der Waals surface area contributed by atoms with E-state index in [0.29, 0.717) is 0 Å². The Kier molecular flexibility index (Phi) is 4.40. The zero-order valence-corrected chi connectivity index (χ0v) is 14.4. The van der Waals surface area contributed by atoms with E-state index in [0.717, 1.165) is 38.9 Å². The summed E-state index contributed by atoms with van der Waals surface area (Å²) in [5, 5.41) is 5.62. The highest BCUT2D eigenvalue weighted by Crippen LogP contribution is 2.31. The third-order valence-corrected chi connectivity index (χ3v) is 4.27. The van der Waals surface area contributed by atoms with Crippen LogP contribution in [0.15, 0.2) is 108 Å². The maximum absolute atomic E-state index is 6.06. The number of rotatable bonds is 5. The van der Waals surface area contributed by atoms with Crippen LogP contribution < -0.4 is 5.32 Å². The third kappa shape index (κ3) is 3.17. The molecule has 0 saturated carbocycles. The summed E-state index contributed by atoms with van der Waals surface area (Å²) in [5.74, 6) is 0. The normalized spacial score (nSPS) is 12.1. The molecule has 0 fully saturated rings. The van der Waals surface area contributed by atoms with Crippen LogP contribution in [-0.2, 0) is 0 Å². The van der Waals surface area contributed by atoms with Crippen molar-refractivity contribution in [3.8, 4) is 0 Å². The highest BCUT2D eigenvalue weighted by atomic mass is 16.3. The molecule has 0 unspecified atom stereocenters. The third-order valence-electron chi connectivity index (χ3n) is 4.27. The van der Waals surface area contributed by atoms with Gasteiger partial charge in [-0.3, -0.25) is 0 Å². The Morgan fingerprint density at radius 3 is 2.46 bits per heavy atom. The minimum absolute atomic E-state index is 0.912. The lowest BCUT2D eigenvalue weighted by molar-refractivity contribution is 0.668. The molecule has 4 rings (SSSR count). The van der Waals surface area contributed by atoms with Gasteiger partial charge in [-0.1, -0.05) is 73.3 Å². The Morgan fingerprint density at radius 1 is 0.846 bits per heavy atom. The second-order valence-electron chi connectivity index (χ2n) is 6.00. The molecule has 1 aromatic heterocycles. The van der Waals surface area contributed by atoms with E-state index in [9.17, 15) is 0 Å². The SMILES string of the molecule is C=C/C(=C\C=C\c1cccc2c1oc1ccccc12)Nc1ccccc1. The second kappa shape index (κ2) is 7.16. The number of nitrogens with one attached hydrogen (secondary N) is 1. The van der Waals surface area contributed by atoms with E-state index in [1.165, 1.54) is 0 Å². The van der Waals surface area contributed by atoms with Crippen molar-refractivity contribution < 1.29 is 4.42 Å². The van der Waals surface area contributed by atoms with Crippen LogP contribution in [0.1, 0.15) is 5.56 Å². The van der Waals surface area contributed by atoms with Crippen LogP contribution in [0.5, 0.6) is 0 Å². The molecule has 4 aromatic rings. The second-order valence-corrected chi connectivity index (χ2v) is 6.00. The Hall–Kier alpha value is -3.52. The van der Waals surface area contributed by atoms with E-state index < -0.39 is 0 Å². The van der Waals surface area contributed by atoms with Gasteiger partial charge in [0.05, 0.1) is 0 Å². The predicted octanol–water partition coefficient (Wildman–Crippen LogP) is 6.78. The van der Waals surface area contributed by atoms with Gasteiger partial charge in [0.1, 0.15) is 11.2 Å². The van der Waals surface area contributed by atoms with Gasteiger partial charge in [-0.2, -0.15) is 0 Å². The quantitative estimate of drug-likeness (QED) is 0.406. The zero-order chi connectivity index (χ0) is 17.8. The van der Waals surface area contributed by atoms with Crippen molar-refractivity contribution >= 4 is 33.7 Å². The summed E-state index contributed by atoms with van der Waals surface area (Å²) in [5.41, 5.74) is 4.85. The van der Waals surface area contributed by atoms with Crippen molar-refractivity contribution in [2.75, 3.05) is 5.32 Å². The molecule has 1 N–H and O–H groups in total. The molecule has 0 atom stereocenters. The fourth-order valence-corrected chi connectivity index (χ4v) is 3.00. The Bertz CT molecular complexity index is 1120. The molecule has 0 radical (unpaired) electrons. The van der Waals surface area contributed by atoms with E-state index >= 15 is 0 Å². The predicted molar refractivity (Wildman–Crippen MR) is 111 cm³/mol. The van der Waals surface area contributed by atoms with E-state index in [1.807, 2.05) is 60.7 Å². The Balaban J connectivity index is 1.64. The van der Waals surface area contributed by atoms with Gasteiger partial charge in [-0.25, -0.2) is 0 Å². The largest absolute Gasteiger partial charge is 0.455 e. The molecule has 2 heteroatoms. The smallest absolute Gasteiger partial charge is 0.142 e. The lowest BCUT2D eigenvalue weighted by Gasteiger charge is -2.05. The number of benzene rings is 3. The van der Waals surface area contributed by atoms with E-state index in [4.69, 9.17) is 4.42 Å². The van der Waals surface area contributed by atoms with Gasteiger partial charge < -0.3 is 9.73 Å². The summed E-state index contributed by atoms with van der Waals surface area (Å²) in [6, 6.07) is 24.4. The molecule has 3 aromatic carbocycles. The first-order valence-electron chi connectivity index (χ1n) is 8.58. The summed E-state index contributed by atoms with van der Waals surface area (Å²) in [6.07, 6.45) is 7.87. The standard InChI is InChI=1S/C24H19NO/c1-2-19(25-20-12-4-3-5-13-20)14-8-10-18-11-9-16-22-21-15-6-7-17-23(21)26-24(18)22/h2-17,25H,1H2/b10-8+,19-14+. The minimum atomic E-state index is 0.912. The highest BCUT2D eigenvalue weighted by molar-refractivity contribution is 6.07. The van der Waals surface area contributed by atoms with Crippen LogP contribution in [0.25, 0.3) is 28.0 Å². The molecule has 0 bridgehead atoms. The Labute approximate surface area is 152 Å². The van der Waals surface area contributed by atoms with Crippen LogP contribution in [0.3, 0.4) is 0 Å². The summed E-state index contributed by atoms with van der Waals surface area (Å²) in [7, 11) is 0. The molecule has 126 valence electrons. The topological polar surface area (TPSA) is 25.2 Å². The maximum Gasteiger partial charge on any atom is 0.142 e. The lowest BCUT2D eigenvalue weighted by atomic mass is 10.1. The van der Waals surface area contributed by atoms with E-state index in [2.05, 4.69) is 42.2 Å². The molecule has 1 heterocycles. The van der Waals surface area contributed by atoms with Crippen LogP contribution in [0, 0.1) is 0 Å². The van der Waals surface area contributed by atoms with Crippen molar-refractivity contribution in [2.45, 2.75) is 0 Å². The summed E-state index contributed by atoms with van der Waals surface area (Å²) < 4.78 is 6.06. The van der Waals surface area contributed by atoms with Gasteiger partial charge >= 0.3 is 0 Å². The number of para-hydroxylation sites is 3. The summed E-state index contributed by atoms with van der Waals surface area (Å²) in [4.78, 5) is 0. The van der Waals surface area contributed by atoms with Crippen LogP contribution in [0.4, 0.5) is 5.69 Å². The fourth-order valence-electron chi connectivity index (χ4n) is 3.00. The molecule has 26 heavy (non-hydrogen) atoms. The molecular weight excluding hydrogens is 318 g/mol. The fraction of sp³-hybridized carbons (Fsp3) is 0. The van der Waals surface area contributed by atoms with Crippen molar-refractivity contribution in [3.63, 3.8) is 0 Å². The lowest BCUT2D eigenvalue weighted by Crippen LogP contribution is -1.95. The number of allylic oxidation sites excluding steroid dienone is 3. The highest BCUT2D eigenvalue weighted by Gasteiger charge is 2.07. The number of hydrogen-bond acceptors (Lipinski definition) is 2. The van der Waals surface area contributed by atoms with Crippen molar-refractivity contribution in [3.05, 3.63) is 109 Å². The van der Waals surface area contributed by atoms with Crippen molar-refractivity contribution in [2.24, 2.45) is 0 Å². The first-order valence-corrected chi connectivity index (χ1v) is 8.58. The van der Waals surface area contributed by atoms with Crippen LogP contribution in [0.2, 0.25) is 0 Å². The average molecular weight is 337 g/mol. The average Bonchev–Trinajstić information content (AvgIpc) is 3.07. The van der Waals surface area contributed by atoms with Crippen LogP contribution in [-0.4, -0.2) is 0 Å². The number of hydrogen-bond donors (Lipinski definition) is 1. The molecule has 2 nitrogen and oxygen atoms in total. The molecule has 0 amide bonds. The molecule has 0 aliphatic rings. The molecule has 0 spiro atoms. The molecular formula is C24H19NO. The van der Waals surface area contributed by atoms with E-state index in [1.54, 1.807) is 6.08 Å². The Morgan fingerprint density at radius 2 is 1.62 bits per heavy atom. The summed E-state index contributed by atoms with van der Waals surface area (Å²) >= 11 is 0. The van der Waals surface area contributed by atoms with Crippen LogP contribution >= 0.6 is 0 Å². The first kappa shape index (κ1) is 16.0. The monoisotopic (exact) mass is 337 g/mol. The number of anilines is 1. The van der Waals surface area contributed by atoms with Gasteiger partial charge in [0, 0.05) is 27.7 Å². The number of furan rings is 1. The van der Waals surface area contributed by atoms with Gasteiger partial charge in [0.25, 0.3) is 0 Å². The van der Waals surface area contributed by atoms with E-state index in [-0.39, 0.29) is 0 Å². The molecule has 0 aliphatic carbocycles. The van der Waals surface area contributed by atoms with Crippen molar-refractivity contribution in [1.29, 1.82) is 0 Å². The van der Waals surface area contributed by atoms with Gasteiger partial charge in [-0.05, 0) is 30.4 Å². The zero-order valence-electron chi connectivity index (χ0n) is 14.4. The minimum Gasteiger partial charge on any atom is -0.455 e. The first-order chi connectivity index (χ1) is 12.8. The molecule has 0 aliphatic heterocycles. The maximum atomic E-state index is 6.06. The number of fused-ring (bicyclic) bond motifs is 3.